The summed E-state index contributed by atoms with van der Waals surface area (Å²) in [5, 5.41) is 8.88. The molecule has 1 aromatic carbocycles. The van der Waals surface area contributed by atoms with Crippen LogP contribution in [-0.4, -0.2) is 31.4 Å². The lowest BCUT2D eigenvalue weighted by molar-refractivity contribution is -0.140. The average Bonchev–Trinajstić information content (AvgIpc) is 2.72. The molecule has 1 unspecified atom stereocenters. The number of nitriles is 1. The number of hydrogen-bond donors (Lipinski definition) is 0. The van der Waals surface area contributed by atoms with Crippen molar-refractivity contribution in [2.24, 2.45) is 0 Å². The van der Waals surface area contributed by atoms with Crippen molar-refractivity contribution in [2.75, 3.05) is 7.11 Å². The lowest BCUT2D eigenvalue weighted by Gasteiger charge is -2.32. The van der Waals surface area contributed by atoms with Gasteiger partial charge in [-0.2, -0.15) is 5.26 Å². The van der Waals surface area contributed by atoms with Crippen molar-refractivity contribution >= 4 is 13.1 Å². The van der Waals surface area contributed by atoms with Gasteiger partial charge in [0.05, 0.1) is 36.4 Å². The molecule has 1 fully saturated rings. The summed E-state index contributed by atoms with van der Waals surface area (Å²) in [4.78, 5) is 11.8. The number of benzene rings is 1. The summed E-state index contributed by atoms with van der Waals surface area (Å²) in [6.45, 7) is 7.54. The quantitative estimate of drug-likeness (QED) is 0.626. The highest BCUT2D eigenvalue weighted by molar-refractivity contribution is 6.48. The molecule has 0 radical (unpaired) electrons. The van der Waals surface area contributed by atoms with Crippen LogP contribution in [0, 0.1) is 17.1 Å². The van der Waals surface area contributed by atoms with Gasteiger partial charge in [-0.05, 0) is 45.4 Å². The van der Waals surface area contributed by atoms with Crippen LogP contribution in [-0.2, 0) is 18.8 Å². The number of methoxy groups -OCH3 is 1. The van der Waals surface area contributed by atoms with Crippen molar-refractivity contribution in [1.82, 2.24) is 0 Å². The molecule has 24 heavy (non-hydrogen) atoms. The molecule has 0 aromatic heterocycles. The average molecular weight is 333 g/mol. The van der Waals surface area contributed by atoms with Gasteiger partial charge in [0.15, 0.2) is 0 Å². The topological polar surface area (TPSA) is 68.6 Å². The second kappa shape index (κ2) is 6.54. The Morgan fingerprint density at radius 3 is 2.38 bits per heavy atom. The van der Waals surface area contributed by atoms with Gasteiger partial charge in [-0.25, -0.2) is 4.39 Å². The van der Waals surface area contributed by atoms with Crippen LogP contribution in [0.5, 0.6) is 0 Å². The molecule has 0 amide bonds. The van der Waals surface area contributed by atoms with Gasteiger partial charge in [0.1, 0.15) is 5.82 Å². The minimum atomic E-state index is -0.795. The highest BCUT2D eigenvalue weighted by atomic mass is 19.1. The fourth-order valence-corrected chi connectivity index (χ4v) is 2.57. The Bertz CT molecular complexity index is 668. The number of esters is 1. The molecule has 0 bridgehead atoms. The van der Waals surface area contributed by atoms with E-state index in [1.807, 2.05) is 33.8 Å². The Balaban J connectivity index is 2.40. The molecule has 0 spiro atoms. The summed E-state index contributed by atoms with van der Waals surface area (Å²) >= 11 is 0. The number of carbonyl (C=O) groups is 1. The van der Waals surface area contributed by atoms with Crippen molar-refractivity contribution in [1.29, 1.82) is 5.26 Å². The second-order valence-electron chi connectivity index (χ2n) is 6.86. The van der Waals surface area contributed by atoms with E-state index in [1.165, 1.54) is 19.2 Å². The van der Waals surface area contributed by atoms with Gasteiger partial charge < -0.3 is 14.0 Å². The molecule has 0 saturated carbocycles. The smallest absolute Gasteiger partial charge is 0.466 e. The van der Waals surface area contributed by atoms with E-state index in [-0.39, 0.29) is 17.5 Å². The zero-order valence-electron chi connectivity index (χ0n) is 14.6. The van der Waals surface area contributed by atoms with E-state index in [1.54, 1.807) is 0 Å². The first-order chi connectivity index (χ1) is 11.1. The highest BCUT2D eigenvalue weighted by Gasteiger charge is 2.54. The summed E-state index contributed by atoms with van der Waals surface area (Å²) in [5.74, 6) is -1.73. The van der Waals surface area contributed by atoms with Crippen LogP contribution in [0.2, 0.25) is 0 Å². The third-order valence-electron chi connectivity index (χ3n) is 4.74. The van der Waals surface area contributed by atoms with Gasteiger partial charge in [-0.15, -0.1) is 0 Å². The standard InChI is InChI=1S/C17H21BFNO4/c1-16(2)17(3,4)24-18(23-16)13(9-15(21)22-5)12-7-6-11(10-20)8-14(12)19/h6-8,13H,9H2,1-5H3. The van der Waals surface area contributed by atoms with Crippen LogP contribution in [0.4, 0.5) is 4.39 Å². The van der Waals surface area contributed by atoms with E-state index in [0.29, 0.717) is 0 Å². The van der Waals surface area contributed by atoms with Gasteiger partial charge in [0, 0.05) is 5.82 Å². The Morgan fingerprint density at radius 1 is 1.33 bits per heavy atom. The molecular weight excluding hydrogens is 312 g/mol. The largest absolute Gasteiger partial charge is 0.469 e. The number of nitrogens with zero attached hydrogens (tertiary/aromatic N) is 1. The van der Waals surface area contributed by atoms with Gasteiger partial charge >= 0.3 is 13.1 Å². The zero-order chi connectivity index (χ0) is 18.1. The molecule has 0 aliphatic carbocycles. The number of rotatable bonds is 4. The van der Waals surface area contributed by atoms with E-state index in [2.05, 4.69) is 0 Å². The van der Waals surface area contributed by atoms with E-state index in [4.69, 9.17) is 19.3 Å². The molecular formula is C17H21BFNO4. The molecule has 1 heterocycles. The SMILES string of the molecule is COC(=O)CC(B1OC(C)(C)C(C)(C)O1)c1ccc(C#N)cc1F. The maximum absolute atomic E-state index is 14.5. The Labute approximate surface area is 141 Å². The Kier molecular flexibility index (Phi) is 5.02. The summed E-state index contributed by atoms with van der Waals surface area (Å²) in [7, 11) is 0.482. The van der Waals surface area contributed by atoms with Crippen LogP contribution >= 0.6 is 0 Å². The third kappa shape index (κ3) is 3.45. The van der Waals surface area contributed by atoms with Gasteiger partial charge in [0.25, 0.3) is 0 Å². The normalized spacial score (nSPS) is 19.6. The van der Waals surface area contributed by atoms with Crippen LogP contribution in [0.25, 0.3) is 0 Å². The van der Waals surface area contributed by atoms with Gasteiger partial charge in [0.2, 0.25) is 0 Å². The summed E-state index contributed by atoms with van der Waals surface area (Å²) in [6, 6.07) is 6.03. The number of halogens is 1. The minimum absolute atomic E-state index is 0.0872. The number of carbonyl (C=O) groups excluding carboxylic acids is 1. The number of hydrogen-bond acceptors (Lipinski definition) is 5. The van der Waals surface area contributed by atoms with E-state index < -0.39 is 35.9 Å². The van der Waals surface area contributed by atoms with Crippen LogP contribution in [0.1, 0.15) is 51.1 Å². The monoisotopic (exact) mass is 333 g/mol. The summed E-state index contributed by atoms with van der Waals surface area (Å²) < 4.78 is 31.1. The lowest BCUT2D eigenvalue weighted by Crippen LogP contribution is -2.41. The maximum Gasteiger partial charge on any atom is 0.466 e. The van der Waals surface area contributed by atoms with Crippen molar-refractivity contribution < 1.29 is 23.2 Å². The third-order valence-corrected chi connectivity index (χ3v) is 4.74. The van der Waals surface area contributed by atoms with Crippen molar-refractivity contribution in [3.63, 3.8) is 0 Å². The van der Waals surface area contributed by atoms with Crippen LogP contribution in [0.15, 0.2) is 18.2 Å². The first-order valence-corrected chi connectivity index (χ1v) is 7.73. The van der Waals surface area contributed by atoms with Crippen LogP contribution in [0.3, 0.4) is 0 Å². The summed E-state index contributed by atoms with van der Waals surface area (Å²) in [5.41, 5.74) is -0.732. The first-order valence-electron chi connectivity index (χ1n) is 7.73. The molecule has 5 nitrogen and oxygen atoms in total. The maximum atomic E-state index is 14.5. The molecule has 7 heteroatoms. The molecule has 0 N–H and O–H groups in total. The molecule has 128 valence electrons. The summed E-state index contributed by atoms with van der Waals surface area (Å²) in [6.07, 6.45) is -0.0872. The second-order valence-corrected chi connectivity index (χ2v) is 6.86. The fourth-order valence-electron chi connectivity index (χ4n) is 2.57. The minimum Gasteiger partial charge on any atom is -0.469 e. The molecule has 1 saturated heterocycles. The lowest BCUT2D eigenvalue weighted by atomic mass is 9.66. The predicted octanol–water partition coefficient (Wildman–Crippen LogP) is 2.98. The highest BCUT2D eigenvalue weighted by Crippen LogP contribution is 2.42. The molecule has 1 atom stereocenters. The van der Waals surface area contributed by atoms with Crippen molar-refractivity contribution in [3.05, 3.63) is 35.1 Å². The van der Waals surface area contributed by atoms with Crippen molar-refractivity contribution in [2.45, 2.75) is 51.1 Å². The number of ether oxygens (including phenoxy) is 1. The van der Waals surface area contributed by atoms with Gasteiger partial charge in [-0.1, -0.05) is 6.07 Å². The first kappa shape index (κ1) is 18.4. The Morgan fingerprint density at radius 2 is 1.92 bits per heavy atom. The zero-order valence-corrected chi connectivity index (χ0v) is 14.6. The predicted molar refractivity (Wildman–Crippen MR) is 86.6 cm³/mol. The van der Waals surface area contributed by atoms with E-state index in [9.17, 15) is 9.18 Å². The van der Waals surface area contributed by atoms with Crippen molar-refractivity contribution in [3.8, 4) is 6.07 Å². The van der Waals surface area contributed by atoms with E-state index in [0.717, 1.165) is 6.07 Å². The molecule has 1 aliphatic heterocycles. The molecule has 1 aliphatic rings. The van der Waals surface area contributed by atoms with Gasteiger partial charge in [-0.3, -0.25) is 4.79 Å². The van der Waals surface area contributed by atoms with Crippen LogP contribution < -0.4 is 0 Å². The Hall–Kier alpha value is -1.91. The molecule has 2 rings (SSSR count). The molecule has 1 aromatic rings. The van der Waals surface area contributed by atoms with E-state index >= 15 is 0 Å². The fraction of sp³-hybridized carbons (Fsp3) is 0.529.